The van der Waals surface area contributed by atoms with Gasteiger partial charge in [-0.05, 0) is 65.8 Å². The molecule has 0 aliphatic rings. The number of carbonyl (C=O) groups excluding carboxylic acids is 2. The van der Waals surface area contributed by atoms with Crippen molar-refractivity contribution in [1.82, 2.24) is 9.44 Å². The summed E-state index contributed by atoms with van der Waals surface area (Å²) in [5, 5.41) is 0. The van der Waals surface area contributed by atoms with Crippen LogP contribution in [0.2, 0.25) is 0 Å². The fourth-order valence-corrected chi connectivity index (χ4v) is 7.91. The topological polar surface area (TPSA) is 145 Å². The molecule has 2 aromatic carbocycles. The molecule has 2 N–H and O–H groups in total. The van der Waals surface area contributed by atoms with E-state index in [0.29, 0.717) is 0 Å². The van der Waals surface area contributed by atoms with Crippen molar-refractivity contribution in [2.45, 2.75) is 74.6 Å². The molecule has 222 valence electrons. The first-order chi connectivity index (χ1) is 18.4. The molecule has 2 aromatic rings. The van der Waals surface area contributed by atoms with Gasteiger partial charge in [0.15, 0.2) is 0 Å². The largest absolute Gasteiger partial charge is 0.459 e. The summed E-state index contributed by atoms with van der Waals surface area (Å²) in [4.78, 5) is 25.7. The fourth-order valence-electron chi connectivity index (χ4n) is 2.99. The molecule has 0 aromatic heterocycles. The van der Waals surface area contributed by atoms with Crippen LogP contribution in [-0.4, -0.2) is 63.6 Å². The van der Waals surface area contributed by atoms with Crippen LogP contribution in [0.3, 0.4) is 0 Å². The van der Waals surface area contributed by atoms with Crippen LogP contribution >= 0.6 is 21.6 Å². The molecule has 0 bridgehead atoms. The van der Waals surface area contributed by atoms with E-state index in [2.05, 4.69) is 9.44 Å². The monoisotopic (exact) mass is 632 g/mol. The summed E-state index contributed by atoms with van der Waals surface area (Å²) in [5.74, 6) is -1.65. The molecule has 0 aliphatic heterocycles. The van der Waals surface area contributed by atoms with Crippen LogP contribution in [0.4, 0.5) is 0 Å². The minimum atomic E-state index is -4.04. The molecule has 14 heteroatoms. The number of ether oxygens (including phenoxy) is 2. The Morgan fingerprint density at radius 3 is 1.23 bits per heavy atom. The standard InChI is InChI=1S/C26H36N2O8S4/c1-25(2,3)35-23(29)21(27-39(31,32)19-13-9-7-10-14-19)17-37-38-18-22(24(30)36-26(4,5)6)28-40(33,34)20-15-11-8-12-16-20/h7-16,21-22,27-28H,17-18H2,1-6H3/t21-,22-/m0/s1. The van der Waals surface area contributed by atoms with Crippen molar-refractivity contribution in [3.63, 3.8) is 0 Å². The van der Waals surface area contributed by atoms with Gasteiger partial charge in [-0.25, -0.2) is 16.8 Å². The van der Waals surface area contributed by atoms with Gasteiger partial charge < -0.3 is 9.47 Å². The van der Waals surface area contributed by atoms with Gasteiger partial charge in [-0.2, -0.15) is 9.44 Å². The van der Waals surface area contributed by atoms with Crippen molar-refractivity contribution in [1.29, 1.82) is 0 Å². The Bertz CT molecular complexity index is 1230. The summed E-state index contributed by atoms with van der Waals surface area (Å²) in [5.41, 5.74) is -1.72. The second kappa shape index (κ2) is 14.2. The lowest BCUT2D eigenvalue weighted by Crippen LogP contribution is -2.46. The van der Waals surface area contributed by atoms with Crippen LogP contribution in [0, 0.1) is 0 Å². The molecule has 0 saturated heterocycles. The van der Waals surface area contributed by atoms with E-state index in [1.54, 1.807) is 77.9 Å². The number of esters is 2. The van der Waals surface area contributed by atoms with Gasteiger partial charge in [-0.3, -0.25) is 9.59 Å². The average Bonchev–Trinajstić information content (AvgIpc) is 2.84. The van der Waals surface area contributed by atoms with Gasteiger partial charge >= 0.3 is 11.9 Å². The Kier molecular flexibility index (Phi) is 12.1. The van der Waals surface area contributed by atoms with Crippen molar-refractivity contribution in [3.8, 4) is 0 Å². The third kappa shape index (κ3) is 11.8. The third-order valence-corrected chi connectivity index (χ3v) is 10.0. The van der Waals surface area contributed by atoms with Gasteiger partial charge in [0.2, 0.25) is 20.0 Å². The summed E-state index contributed by atoms with van der Waals surface area (Å²) >= 11 is 0. The molecule has 40 heavy (non-hydrogen) atoms. The molecule has 0 saturated carbocycles. The minimum absolute atomic E-state index is 0.0125. The lowest BCUT2D eigenvalue weighted by atomic mass is 10.2. The van der Waals surface area contributed by atoms with Crippen molar-refractivity contribution < 1.29 is 35.9 Å². The van der Waals surface area contributed by atoms with Crippen molar-refractivity contribution in [3.05, 3.63) is 60.7 Å². The highest BCUT2D eigenvalue weighted by Crippen LogP contribution is 2.26. The molecule has 10 nitrogen and oxygen atoms in total. The SMILES string of the molecule is CC(C)(C)OC(=O)[C@H](CSSC[C@H](NS(=O)(=O)c1ccccc1)C(=O)OC(C)(C)C)NS(=O)(=O)c1ccccc1. The summed E-state index contributed by atoms with van der Waals surface area (Å²) in [6.45, 7) is 10.00. The van der Waals surface area contributed by atoms with Gasteiger partial charge in [-0.1, -0.05) is 58.0 Å². The van der Waals surface area contributed by atoms with E-state index in [0.717, 1.165) is 21.6 Å². The number of hydrogen-bond donors (Lipinski definition) is 2. The molecule has 0 heterocycles. The molecule has 2 rings (SSSR count). The molecular formula is C26H36N2O8S4. The van der Waals surface area contributed by atoms with Crippen LogP contribution in [0.25, 0.3) is 0 Å². The number of nitrogens with one attached hydrogen (secondary N) is 2. The predicted octanol–water partition coefficient (Wildman–Crippen LogP) is 3.75. The maximum Gasteiger partial charge on any atom is 0.325 e. The lowest BCUT2D eigenvalue weighted by molar-refractivity contribution is -0.157. The van der Waals surface area contributed by atoms with Crippen molar-refractivity contribution in [2.75, 3.05) is 11.5 Å². The highest BCUT2D eigenvalue weighted by Gasteiger charge is 2.32. The average molecular weight is 633 g/mol. The predicted molar refractivity (Wildman–Crippen MR) is 158 cm³/mol. The number of hydrogen-bond acceptors (Lipinski definition) is 10. The van der Waals surface area contributed by atoms with Gasteiger partial charge in [0.05, 0.1) is 9.79 Å². The Hall–Kier alpha value is -2.10. The summed E-state index contributed by atoms with van der Waals surface area (Å²) < 4.78 is 67.2. The number of sulfonamides is 2. The smallest absolute Gasteiger partial charge is 0.325 e. The zero-order chi connectivity index (χ0) is 30.2. The van der Waals surface area contributed by atoms with Gasteiger partial charge in [0.25, 0.3) is 0 Å². The first-order valence-corrected chi connectivity index (χ1v) is 17.7. The van der Waals surface area contributed by atoms with E-state index in [1.165, 1.54) is 24.3 Å². The molecule has 0 aliphatic carbocycles. The first-order valence-electron chi connectivity index (χ1n) is 12.2. The second-order valence-corrected chi connectivity index (χ2v) is 16.6. The number of rotatable bonds is 13. The normalized spacial score (nSPS) is 14.2. The van der Waals surface area contributed by atoms with Crippen LogP contribution in [0.1, 0.15) is 41.5 Å². The Morgan fingerprint density at radius 1 is 0.650 bits per heavy atom. The molecule has 0 amide bonds. The molecule has 0 radical (unpaired) electrons. The van der Waals surface area contributed by atoms with E-state index in [9.17, 15) is 26.4 Å². The van der Waals surface area contributed by atoms with Crippen molar-refractivity contribution >= 4 is 53.6 Å². The van der Waals surface area contributed by atoms with E-state index < -0.39 is 55.3 Å². The lowest BCUT2D eigenvalue weighted by Gasteiger charge is -2.25. The Morgan fingerprint density at radius 2 is 0.950 bits per heavy atom. The maximum atomic E-state index is 12.9. The summed E-state index contributed by atoms with van der Waals surface area (Å²) in [7, 11) is -5.92. The van der Waals surface area contributed by atoms with Gasteiger partial charge in [0, 0.05) is 11.5 Å². The highest BCUT2D eigenvalue weighted by atomic mass is 33.1. The van der Waals surface area contributed by atoms with Gasteiger partial charge in [-0.15, -0.1) is 0 Å². The van der Waals surface area contributed by atoms with E-state index in [1.807, 2.05) is 0 Å². The van der Waals surface area contributed by atoms with E-state index >= 15 is 0 Å². The number of carbonyl (C=O) groups is 2. The zero-order valence-electron chi connectivity index (χ0n) is 23.2. The first kappa shape index (κ1) is 34.1. The Labute approximate surface area is 244 Å². The third-order valence-electron chi connectivity index (χ3n) is 4.64. The van der Waals surface area contributed by atoms with E-state index in [-0.39, 0.29) is 21.3 Å². The van der Waals surface area contributed by atoms with Crippen LogP contribution in [0.15, 0.2) is 70.5 Å². The van der Waals surface area contributed by atoms with Gasteiger partial charge in [0.1, 0.15) is 23.3 Å². The number of benzene rings is 2. The molecule has 0 spiro atoms. The van der Waals surface area contributed by atoms with E-state index in [4.69, 9.17) is 9.47 Å². The van der Waals surface area contributed by atoms with Crippen LogP contribution < -0.4 is 9.44 Å². The second-order valence-electron chi connectivity index (χ2n) is 10.6. The summed E-state index contributed by atoms with van der Waals surface area (Å²) in [6.07, 6.45) is 0. The highest BCUT2D eigenvalue weighted by molar-refractivity contribution is 8.76. The maximum absolute atomic E-state index is 12.9. The molecule has 0 unspecified atom stereocenters. The molecular weight excluding hydrogens is 597 g/mol. The van der Waals surface area contributed by atoms with Crippen LogP contribution in [-0.2, 0) is 39.1 Å². The molecule has 0 fully saturated rings. The Balaban J connectivity index is 2.16. The van der Waals surface area contributed by atoms with Crippen molar-refractivity contribution in [2.24, 2.45) is 0 Å². The fraction of sp³-hybridized carbons (Fsp3) is 0.462. The van der Waals surface area contributed by atoms with Crippen LogP contribution in [0.5, 0.6) is 0 Å². The molecule has 2 atom stereocenters. The minimum Gasteiger partial charge on any atom is -0.459 e. The zero-order valence-corrected chi connectivity index (χ0v) is 26.5. The summed E-state index contributed by atoms with van der Waals surface area (Å²) in [6, 6.07) is 12.7. The quantitative estimate of drug-likeness (QED) is 0.190.